The standard InChI is InChI=1S/C19H22N4O3S/c1-14(16-5-9-18(10-6-16)27(21,25)26)23(2)12-11-19(24)22-17-7-3-15(13-20)4-8-17/h3-10,14H,11-12H2,1-2H3,(H,22,24)(H2,21,25,26). The molecule has 8 heteroatoms. The molecular weight excluding hydrogens is 364 g/mol. The number of primary sulfonamides is 1. The van der Waals surface area contributed by atoms with Crippen LogP contribution in [0.4, 0.5) is 5.69 Å². The molecule has 1 amide bonds. The summed E-state index contributed by atoms with van der Waals surface area (Å²) in [7, 11) is -1.81. The van der Waals surface area contributed by atoms with E-state index in [2.05, 4.69) is 5.32 Å². The molecule has 2 aromatic carbocycles. The number of nitriles is 1. The molecule has 0 heterocycles. The van der Waals surface area contributed by atoms with Crippen LogP contribution < -0.4 is 10.5 Å². The first kappa shape index (κ1) is 20.6. The van der Waals surface area contributed by atoms with Crippen molar-refractivity contribution in [2.24, 2.45) is 5.14 Å². The molecule has 2 rings (SSSR count). The van der Waals surface area contributed by atoms with E-state index in [1.807, 2.05) is 24.9 Å². The zero-order valence-corrected chi connectivity index (χ0v) is 16.0. The molecule has 0 radical (unpaired) electrons. The average molecular weight is 386 g/mol. The van der Waals surface area contributed by atoms with E-state index in [1.54, 1.807) is 36.4 Å². The minimum atomic E-state index is -3.71. The molecule has 2 aromatic rings. The highest BCUT2D eigenvalue weighted by molar-refractivity contribution is 7.89. The van der Waals surface area contributed by atoms with Crippen molar-refractivity contribution in [3.8, 4) is 6.07 Å². The highest BCUT2D eigenvalue weighted by atomic mass is 32.2. The smallest absolute Gasteiger partial charge is 0.238 e. The van der Waals surface area contributed by atoms with Gasteiger partial charge < -0.3 is 5.32 Å². The van der Waals surface area contributed by atoms with Gasteiger partial charge in [0.15, 0.2) is 0 Å². The van der Waals surface area contributed by atoms with Crippen molar-refractivity contribution in [2.45, 2.75) is 24.3 Å². The number of rotatable bonds is 7. The Morgan fingerprint density at radius 1 is 1.19 bits per heavy atom. The fourth-order valence-corrected chi connectivity index (χ4v) is 3.03. The molecule has 0 saturated carbocycles. The van der Waals surface area contributed by atoms with Crippen LogP contribution in [0.5, 0.6) is 0 Å². The molecule has 142 valence electrons. The van der Waals surface area contributed by atoms with Crippen LogP contribution in [0.1, 0.15) is 30.5 Å². The van der Waals surface area contributed by atoms with Crippen molar-refractivity contribution in [2.75, 3.05) is 18.9 Å². The van der Waals surface area contributed by atoms with Gasteiger partial charge in [0.1, 0.15) is 0 Å². The first-order chi connectivity index (χ1) is 12.7. The van der Waals surface area contributed by atoms with Crippen LogP contribution in [-0.4, -0.2) is 32.8 Å². The van der Waals surface area contributed by atoms with Gasteiger partial charge in [-0.1, -0.05) is 12.1 Å². The third-order valence-corrected chi connectivity index (χ3v) is 5.27. The van der Waals surface area contributed by atoms with Crippen LogP contribution in [0, 0.1) is 11.3 Å². The monoisotopic (exact) mass is 386 g/mol. The molecule has 0 saturated heterocycles. The van der Waals surface area contributed by atoms with Gasteiger partial charge in [0.2, 0.25) is 15.9 Å². The van der Waals surface area contributed by atoms with Gasteiger partial charge in [0.25, 0.3) is 0 Å². The summed E-state index contributed by atoms with van der Waals surface area (Å²) in [6.45, 7) is 2.50. The van der Waals surface area contributed by atoms with Gasteiger partial charge in [0, 0.05) is 24.7 Å². The molecule has 0 fully saturated rings. The molecule has 1 unspecified atom stereocenters. The second kappa shape index (κ2) is 8.77. The number of anilines is 1. The maximum Gasteiger partial charge on any atom is 0.238 e. The Morgan fingerprint density at radius 3 is 2.30 bits per heavy atom. The molecule has 3 N–H and O–H groups in total. The number of sulfonamides is 1. The number of benzene rings is 2. The third-order valence-electron chi connectivity index (χ3n) is 4.34. The molecule has 27 heavy (non-hydrogen) atoms. The van der Waals surface area contributed by atoms with E-state index in [4.69, 9.17) is 10.4 Å². The highest BCUT2D eigenvalue weighted by Gasteiger charge is 2.15. The minimum absolute atomic E-state index is 0.00207. The SMILES string of the molecule is CC(c1ccc(S(N)(=O)=O)cc1)N(C)CCC(=O)Nc1ccc(C#N)cc1. The Labute approximate surface area is 159 Å². The summed E-state index contributed by atoms with van der Waals surface area (Å²) < 4.78 is 22.6. The maximum absolute atomic E-state index is 12.1. The molecule has 0 spiro atoms. The molecule has 0 aliphatic carbocycles. The second-order valence-corrected chi connectivity index (χ2v) is 7.82. The predicted molar refractivity (Wildman–Crippen MR) is 103 cm³/mol. The van der Waals surface area contributed by atoms with E-state index in [0.717, 1.165) is 5.56 Å². The normalized spacial score (nSPS) is 12.4. The van der Waals surface area contributed by atoms with E-state index in [1.165, 1.54) is 12.1 Å². The zero-order chi connectivity index (χ0) is 20.0. The number of nitrogens with zero attached hydrogens (tertiary/aromatic N) is 2. The lowest BCUT2D eigenvalue weighted by molar-refractivity contribution is -0.116. The Morgan fingerprint density at radius 2 is 1.78 bits per heavy atom. The van der Waals surface area contributed by atoms with Crippen molar-refractivity contribution >= 4 is 21.6 Å². The Kier molecular flexibility index (Phi) is 6.69. The number of hydrogen-bond donors (Lipinski definition) is 2. The van der Waals surface area contributed by atoms with Crippen LogP contribution in [0.25, 0.3) is 0 Å². The first-order valence-electron chi connectivity index (χ1n) is 8.33. The Bertz CT molecular complexity index is 932. The van der Waals surface area contributed by atoms with Gasteiger partial charge in [-0.15, -0.1) is 0 Å². The third kappa shape index (κ3) is 5.89. The minimum Gasteiger partial charge on any atom is -0.326 e. The van der Waals surface area contributed by atoms with E-state index in [0.29, 0.717) is 24.2 Å². The van der Waals surface area contributed by atoms with Crippen molar-refractivity contribution in [3.63, 3.8) is 0 Å². The van der Waals surface area contributed by atoms with Crippen LogP contribution in [0.15, 0.2) is 53.4 Å². The summed E-state index contributed by atoms with van der Waals surface area (Å²) >= 11 is 0. The summed E-state index contributed by atoms with van der Waals surface area (Å²) in [6.07, 6.45) is 0.302. The van der Waals surface area contributed by atoms with Crippen LogP contribution in [0.3, 0.4) is 0 Å². The molecule has 0 aromatic heterocycles. The number of nitrogens with one attached hydrogen (secondary N) is 1. The lowest BCUT2D eigenvalue weighted by Crippen LogP contribution is -2.27. The van der Waals surface area contributed by atoms with Crippen molar-refractivity contribution in [3.05, 3.63) is 59.7 Å². The van der Waals surface area contributed by atoms with Gasteiger partial charge in [-0.2, -0.15) is 5.26 Å². The number of amides is 1. The Hall–Kier alpha value is -2.73. The summed E-state index contributed by atoms with van der Waals surface area (Å²) in [5.41, 5.74) is 2.11. The second-order valence-electron chi connectivity index (χ2n) is 6.26. The average Bonchev–Trinajstić information content (AvgIpc) is 2.65. The van der Waals surface area contributed by atoms with Crippen molar-refractivity contribution in [1.29, 1.82) is 5.26 Å². The molecule has 0 aliphatic heterocycles. The highest BCUT2D eigenvalue weighted by Crippen LogP contribution is 2.20. The predicted octanol–water partition coefficient (Wildman–Crippen LogP) is 2.23. The zero-order valence-electron chi connectivity index (χ0n) is 15.2. The maximum atomic E-state index is 12.1. The van der Waals surface area contributed by atoms with E-state index >= 15 is 0 Å². The van der Waals surface area contributed by atoms with Gasteiger partial charge >= 0.3 is 0 Å². The van der Waals surface area contributed by atoms with Crippen molar-refractivity contribution < 1.29 is 13.2 Å². The summed E-state index contributed by atoms with van der Waals surface area (Å²) in [4.78, 5) is 14.2. The lowest BCUT2D eigenvalue weighted by atomic mass is 10.1. The summed E-state index contributed by atoms with van der Waals surface area (Å²) in [5, 5.41) is 16.7. The van der Waals surface area contributed by atoms with Crippen LogP contribution in [-0.2, 0) is 14.8 Å². The number of nitrogens with two attached hydrogens (primary N) is 1. The fraction of sp³-hybridized carbons (Fsp3) is 0.263. The molecule has 1 atom stereocenters. The molecule has 7 nitrogen and oxygen atoms in total. The molecular formula is C19H22N4O3S. The topological polar surface area (TPSA) is 116 Å². The van der Waals surface area contributed by atoms with Crippen LogP contribution in [0.2, 0.25) is 0 Å². The van der Waals surface area contributed by atoms with Gasteiger partial charge in [-0.3, -0.25) is 9.69 Å². The number of carbonyl (C=O) groups excluding carboxylic acids is 1. The Balaban J connectivity index is 1.89. The van der Waals surface area contributed by atoms with Gasteiger partial charge in [0.05, 0.1) is 16.5 Å². The number of carbonyl (C=O) groups is 1. The first-order valence-corrected chi connectivity index (χ1v) is 9.88. The molecule has 0 aliphatic rings. The largest absolute Gasteiger partial charge is 0.326 e. The quantitative estimate of drug-likeness (QED) is 0.757. The van der Waals surface area contributed by atoms with E-state index in [9.17, 15) is 13.2 Å². The van der Waals surface area contributed by atoms with Crippen LogP contribution >= 0.6 is 0 Å². The summed E-state index contributed by atoms with van der Waals surface area (Å²) in [6, 6.07) is 15.1. The lowest BCUT2D eigenvalue weighted by Gasteiger charge is -2.25. The van der Waals surface area contributed by atoms with Gasteiger partial charge in [-0.05, 0) is 55.9 Å². The number of hydrogen-bond acceptors (Lipinski definition) is 5. The van der Waals surface area contributed by atoms with Crippen molar-refractivity contribution in [1.82, 2.24) is 4.90 Å². The van der Waals surface area contributed by atoms with E-state index < -0.39 is 10.0 Å². The fourth-order valence-electron chi connectivity index (χ4n) is 2.51. The van der Waals surface area contributed by atoms with Gasteiger partial charge in [-0.25, -0.2) is 13.6 Å². The molecule has 0 bridgehead atoms. The van der Waals surface area contributed by atoms with E-state index in [-0.39, 0.29) is 16.8 Å². The summed E-state index contributed by atoms with van der Waals surface area (Å²) in [5.74, 6) is -0.122.